The number of fused-ring (bicyclic) bond motifs is 1. The quantitative estimate of drug-likeness (QED) is 0.533. The van der Waals surface area contributed by atoms with E-state index in [0.717, 1.165) is 15.8 Å². The minimum Gasteiger partial charge on any atom is -0.310 e. The van der Waals surface area contributed by atoms with Gasteiger partial charge in [-0.05, 0) is 50.6 Å². The number of anilines is 2. The number of aryl methyl sites for hydroxylation is 1. The number of urea groups is 1. The van der Waals surface area contributed by atoms with Crippen LogP contribution in [-0.4, -0.2) is 30.8 Å². The molecule has 0 fully saturated rings. The molecule has 8 nitrogen and oxygen atoms in total. The Labute approximate surface area is 165 Å². The van der Waals surface area contributed by atoms with Crippen LogP contribution in [0.15, 0.2) is 42.7 Å². The van der Waals surface area contributed by atoms with Crippen molar-refractivity contribution in [2.24, 2.45) is 0 Å². The normalized spacial score (nSPS) is 11.1. The number of thiazole rings is 1. The zero-order valence-corrected chi connectivity index (χ0v) is 16.5. The maximum atomic E-state index is 12.4. The maximum Gasteiger partial charge on any atom is 0.326 e. The largest absolute Gasteiger partial charge is 0.326 e. The number of nitrogens with zero attached hydrogens (tertiary/aromatic N) is 5. The van der Waals surface area contributed by atoms with Crippen LogP contribution in [-0.2, 0) is 0 Å². The van der Waals surface area contributed by atoms with Crippen LogP contribution < -0.4 is 10.6 Å². The van der Waals surface area contributed by atoms with Crippen molar-refractivity contribution < 1.29 is 4.79 Å². The lowest BCUT2D eigenvalue weighted by Crippen LogP contribution is -2.20. The summed E-state index contributed by atoms with van der Waals surface area (Å²) in [6, 6.07) is 11.2. The average molecular weight is 393 g/mol. The van der Waals surface area contributed by atoms with E-state index in [2.05, 4.69) is 30.8 Å². The van der Waals surface area contributed by atoms with Gasteiger partial charge in [-0.3, -0.25) is 10.6 Å². The van der Waals surface area contributed by atoms with E-state index in [1.807, 2.05) is 55.7 Å². The number of carbonyl (C=O) groups is 1. The summed E-state index contributed by atoms with van der Waals surface area (Å²) in [6.45, 7) is 6.10. The van der Waals surface area contributed by atoms with Crippen LogP contribution >= 0.6 is 11.3 Å². The lowest BCUT2D eigenvalue weighted by atomic mass is 10.2. The van der Waals surface area contributed by atoms with Crippen LogP contribution in [0, 0.1) is 6.92 Å². The number of carbonyl (C=O) groups excluding carboxylic acids is 1. The third kappa shape index (κ3) is 3.70. The van der Waals surface area contributed by atoms with Crippen molar-refractivity contribution in [2.75, 3.05) is 10.6 Å². The van der Waals surface area contributed by atoms with Gasteiger partial charge in [-0.1, -0.05) is 23.5 Å². The second-order valence-corrected chi connectivity index (χ2v) is 7.66. The first-order valence-corrected chi connectivity index (χ1v) is 9.63. The number of benzene rings is 1. The Balaban J connectivity index is 1.50. The average Bonchev–Trinajstić information content (AvgIpc) is 3.28. The molecule has 0 aliphatic carbocycles. The molecule has 0 atom stereocenters. The van der Waals surface area contributed by atoms with Gasteiger partial charge in [-0.25, -0.2) is 14.8 Å². The van der Waals surface area contributed by atoms with Gasteiger partial charge in [-0.15, -0.1) is 10.2 Å². The predicted octanol–water partition coefficient (Wildman–Crippen LogP) is 4.48. The number of nitrogens with one attached hydrogen (secondary N) is 2. The zero-order chi connectivity index (χ0) is 19.7. The third-order valence-electron chi connectivity index (χ3n) is 4.11. The molecule has 142 valence electrons. The van der Waals surface area contributed by atoms with E-state index >= 15 is 0 Å². The molecule has 2 amide bonds. The summed E-state index contributed by atoms with van der Waals surface area (Å²) in [5.41, 5.74) is 2.64. The second kappa shape index (κ2) is 7.35. The number of rotatable bonds is 4. The molecule has 1 aromatic carbocycles. The molecule has 3 aromatic heterocycles. The minimum atomic E-state index is -0.397. The molecule has 9 heteroatoms. The van der Waals surface area contributed by atoms with Crippen molar-refractivity contribution in [1.82, 2.24) is 24.7 Å². The van der Waals surface area contributed by atoms with Crippen molar-refractivity contribution in [2.45, 2.75) is 26.8 Å². The van der Waals surface area contributed by atoms with E-state index in [1.54, 1.807) is 12.4 Å². The van der Waals surface area contributed by atoms with Gasteiger partial charge in [-0.2, -0.15) is 0 Å². The summed E-state index contributed by atoms with van der Waals surface area (Å²) in [4.78, 5) is 21.3. The van der Waals surface area contributed by atoms with Gasteiger partial charge in [0, 0.05) is 6.04 Å². The summed E-state index contributed by atoms with van der Waals surface area (Å²) < 4.78 is 2.95. The molecule has 0 aliphatic heterocycles. The molecule has 4 aromatic rings. The number of amides is 2. The Morgan fingerprint density at radius 1 is 1.14 bits per heavy atom. The lowest BCUT2D eigenvalue weighted by Gasteiger charge is -2.10. The molecule has 3 heterocycles. The lowest BCUT2D eigenvalue weighted by molar-refractivity contribution is 0.262. The van der Waals surface area contributed by atoms with Gasteiger partial charge < -0.3 is 4.57 Å². The molecule has 0 bridgehead atoms. The maximum absolute atomic E-state index is 12.4. The molecule has 0 spiro atoms. The minimum absolute atomic E-state index is 0.203. The van der Waals surface area contributed by atoms with Crippen LogP contribution in [0.3, 0.4) is 0 Å². The Hall–Kier alpha value is -3.33. The fourth-order valence-electron chi connectivity index (χ4n) is 2.77. The summed E-state index contributed by atoms with van der Waals surface area (Å²) >= 11 is 1.43. The highest BCUT2D eigenvalue weighted by Crippen LogP contribution is 2.26. The molecule has 4 rings (SSSR count). The van der Waals surface area contributed by atoms with Gasteiger partial charge in [0.05, 0.1) is 10.2 Å². The molecule has 0 aliphatic rings. The Kier molecular flexibility index (Phi) is 4.74. The monoisotopic (exact) mass is 393 g/mol. The predicted molar refractivity (Wildman–Crippen MR) is 111 cm³/mol. The molecule has 0 saturated carbocycles. The first kappa shape index (κ1) is 18.1. The van der Waals surface area contributed by atoms with Gasteiger partial charge in [0.25, 0.3) is 0 Å². The topological polar surface area (TPSA) is 97.6 Å². The Morgan fingerprint density at radius 3 is 2.82 bits per heavy atom. The number of hydrogen-bond donors (Lipinski definition) is 2. The van der Waals surface area contributed by atoms with Crippen molar-refractivity contribution >= 4 is 38.5 Å². The first-order valence-electron chi connectivity index (χ1n) is 8.82. The van der Waals surface area contributed by atoms with Crippen molar-refractivity contribution in [3.63, 3.8) is 0 Å². The number of pyridine rings is 1. The highest BCUT2D eigenvalue weighted by Gasteiger charge is 2.13. The Bertz CT molecular complexity index is 1150. The van der Waals surface area contributed by atoms with E-state index < -0.39 is 6.03 Å². The van der Waals surface area contributed by atoms with Gasteiger partial charge in [0.1, 0.15) is 17.8 Å². The molecule has 28 heavy (non-hydrogen) atoms. The van der Waals surface area contributed by atoms with Crippen LogP contribution in [0.4, 0.5) is 15.7 Å². The van der Waals surface area contributed by atoms with E-state index in [0.29, 0.717) is 22.5 Å². The number of aromatic nitrogens is 5. The van der Waals surface area contributed by atoms with Crippen molar-refractivity contribution in [3.05, 3.63) is 48.3 Å². The Morgan fingerprint density at radius 2 is 2.00 bits per heavy atom. The van der Waals surface area contributed by atoms with Crippen molar-refractivity contribution in [3.8, 4) is 11.5 Å². The fourth-order valence-corrected chi connectivity index (χ4v) is 3.61. The molecular formula is C19H19N7OS. The molecular weight excluding hydrogens is 374 g/mol. The molecule has 0 radical (unpaired) electrons. The first-order chi connectivity index (χ1) is 13.5. The highest BCUT2D eigenvalue weighted by molar-refractivity contribution is 7.22. The van der Waals surface area contributed by atoms with E-state index in [-0.39, 0.29) is 6.04 Å². The van der Waals surface area contributed by atoms with Crippen LogP contribution in [0.2, 0.25) is 0 Å². The number of hydrogen-bond acceptors (Lipinski definition) is 6. The van der Waals surface area contributed by atoms with Crippen LogP contribution in [0.25, 0.3) is 21.7 Å². The van der Waals surface area contributed by atoms with Gasteiger partial charge >= 0.3 is 6.03 Å². The molecule has 0 saturated heterocycles. The summed E-state index contributed by atoms with van der Waals surface area (Å²) in [5, 5.41) is 14.1. The third-order valence-corrected chi connectivity index (χ3v) is 5.06. The van der Waals surface area contributed by atoms with Crippen LogP contribution in [0.1, 0.15) is 25.5 Å². The van der Waals surface area contributed by atoms with E-state index in [9.17, 15) is 4.79 Å². The summed E-state index contributed by atoms with van der Waals surface area (Å²) in [7, 11) is 0. The summed E-state index contributed by atoms with van der Waals surface area (Å²) in [6.07, 6.45) is 1.67. The molecule has 2 N–H and O–H groups in total. The SMILES string of the molecule is Cc1ccc2sc(NC(=O)Nc3cccc(-c4nncn4C(C)C)n3)nc2c1. The zero-order valence-electron chi connectivity index (χ0n) is 15.7. The van der Waals surface area contributed by atoms with Gasteiger partial charge in [0.2, 0.25) is 0 Å². The standard InChI is InChI=1S/C19H19N7OS/c1-11(2)26-10-20-25-17(26)13-5-4-6-16(21-13)23-18(27)24-19-22-14-9-12(3)7-8-15(14)28-19/h4-11H,1-3H3,(H2,21,22,23,24,27). The fraction of sp³-hybridized carbons (Fsp3) is 0.211. The van der Waals surface area contributed by atoms with E-state index in [1.165, 1.54) is 11.3 Å². The van der Waals surface area contributed by atoms with Crippen molar-refractivity contribution in [1.29, 1.82) is 0 Å². The molecule has 0 unspecified atom stereocenters. The second-order valence-electron chi connectivity index (χ2n) is 6.63. The summed E-state index contributed by atoms with van der Waals surface area (Å²) in [5.74, 6) is 1.07. The smallest absolute Gasteiger partial charge is 0.310 e. The highest BCUT2D eigenvalue weighted by atomic mass is 32.1. The van der Waals surface area contributed by atoms with Gasteiger partial charge in [0.15, 0.2) is 11.0 Å². The van der Waals surface area contributed by atoms with E-state index in [4.69, 9.17) is 0 Å². The van der Waals surface area contributed by atoms with Crippen LogP contribution in [0.5, 0.6) is 0 Å².